The highest BCUT2D eigenvalue weighted by Gasteiger charge is 2.13. The molecule has 0 aliphatic heterocycles. The molecule has 0 bridgehead atoms. The third-order valence-electron chi connectivity index (χ3n) is 3.47. The second kappa shape index (κ2) is 9.01. The number of aryl methyl sites for hydroxylation is 1. The summed E-state index contributed by atoms with van der Waals surface area (Å²) in [6.07, 6.45) is 0. The minimum Gasteiger partial charge on any atom is -0.411 e. The van der Waals surface area contributed by atoms with Gasteiger partial charge in [-0.2, -0.15) is 8.78 Å². The minimum absolute atomic E-state index is 0.0863. The van der Waals surface area contributed by atoms with E-state index in [0.29, 0.717) is 33.5 Å². The van der Waals surface area contributed by atoms with Gasteiger partial charge in [-0.05, 0) is 42.8 Å². The lowest BCUT2D eigenvalue weighted by Gasteiger charge is -2.05. The van der Waals surface area contributed by atoms with Crippen LogP contribution in [0.3, 0.4) is 0 Å². The first kappa shape index (κ1) is 19.4. The molecule has 140 valence electrons. The minimum atomic E-state index is -2.47. The first-order valence-electron chi connectivity index (χ1n) is 7.88. The van der Waals surface area contributed by atoms with Crippen LogP contribution in [-0.4, -0.2) is 27.6 Å². The van der Waals surface area contributed by atoms with E-state index in [1.165, 1.54) is 12.1 Å². The zero-order valence-electron chi connectivity index (χ0n) is 14.2. The van der Waals surface area contributed by atoms with Crippen LogP contribution in [0.25, 0.3) is 11.5 Å². The van der Waals surface area contributed by atoms with Gasteiger partial charge < -0.3 is 9.73 Å². The van der Waals surface area contributed by atoms with Crippen LogP contribution in [0.15, 0.2) is 63.1 Å². The molecule has 1 amide bonds. The van der Waals surface area contributed by atoms with E-state index >= 15 is 0 Å². The normalized spacial score (nSPS) is 11.0. The van der Waals surface area contributed by atoms with Gasteiger partial charge in [-0.1, -0.05) is 41.7 Å². The van der Waals surface area contributed by atoms with Gasteiger partial charge in [-0.3, -0.25) is 4.79 Å². The van der Waals surface area contributed by atoms with Crippen LogP contribution in [0.1, 0.15) is 5.56 Å². The Balaban J connectivity index is 1.53. The molecule has 3 aromatic rings. The summed E-state index contributed by atoms with van der Waals surface area (Å²) in [6, 6.07) is 13.9. The molecule has 0 aliphatic rings. The van der Waals surface area contributed by atoms with Gasteiger partial charge in [0.25, 0.3) is 11.0 Å². The molecular formula is C18H15F2N3O2S2. The molecule has 2 aromatic carbocycles. The zero-order chi connectivity index (χ0) is 19.2. The molecule has 3 rings (SSSR count). The molecule has 1 N–H and O–H groups in total. The number of halogens is 2. The van der Waals surface area contributed by atoms with Crippen molar-refractivity contribution in [3.05, 3.63) is 54.1 Å². The van der Waals surface area contributed by atoms with Gasteiger partial charge in [-0.25, -0.2) is 0 Å². The smallest absolute Gasteiger partial charge is 0.288 e. The molecule has 5 nitrogen and oxygen atoms in total. The highest BCUT2D eigenvalue weighted by Crippen LogP contribution is 2.27. The van der Waals surface area contributed by atoms with Gasteiger partial charge in [0.1, 0.15) is 0 Å². The number of nitrogens with zero attached hydrogens (tertiary/aromatic N) is 2. The summed E-state index contributed by atoms with van der Waals surface area (Å²) in [6.45, 7) is 1.95. The Labute approximate surface area is 162 Å². The summed E-state index contributed by atoms with van der Waals surface area (Å²) in [4.78, 5) is 12.5. The Hall–Kier alpha value is -2.39. The Kier molecular flexibility index (Phi) is 6.46. The van der Waals surface area contributed by atoms with E-state index in [9.17, 15) is 13.6 Å². The van der Waals surface area contributed by atoms with Crippen LogP contribution >= 0.6 is 23.5 Å². The van der Waals surface area contributed by atoms with Gasteiger partial charge >= 0.3 is 0 Å². The number of alkyl halides is 2. The maximum absolute atomic E-state index is 12.3. The molecule has 1 aromatic heterocycles. The number of carbonyl (C=O) groups excluding carboxylic acids is 1. The number of hydrogen-bond donors (Lipinski definition) is 1. The van der Waals surface area contributed by atoms with Gasteiger partial charge in [0.05, 0.1) is 5.75 Å². The third-order valence-corrected chi connectivity index (χ3v) is 5.01. The van der Waals surface area contributed by atoms with Crippen molar-refractivity contribution in [2.75, 3.05) is 11.1 Å². The van der Waals surface area contributed by atoms with Crippen LogP contribution in [0.2, 0.25) is 0 Å². The lowest BCUT2D eigenvalue weighted by molar-refractivity contribution is -0.113. The van der Waals surface area contributed by atoms with Crippen LogP contribution in [0.4, 0.5) is 14.5 Å². The summed E-state index contributed by atoms with van der Waals surface area (Å²) >= 11 is 1.58. The average molecular weight is 407 g/mol. The number of aromatic nitrogens is 2. The Morgan fingerprint density at radius 2 is 1.89 bits per heavy atom. The monoisotopic (exact) mass is 407 g/mol. The zero-order valence-corrected chi connectivity index (χ0v) is 15.8. The third kappa shape index (κ3) is 5.54. The van der Waals surface area contributed by atoms with E-state index in [0.717, 1.165) is 22.9 Å². The molecule has 27 heavy (non-hydrogen) atoms. The van der Waals surface area contributed by atoms with Crippen LogP contribution in [0, 0.1) is 6.92 Å². The van der Waals surface area contributed by atoms with Crippen molar-refractivity contribution in [1.82, 2.24) is 10.2 Å². The number of rotatable bonds is 7. The van der Waals surface area contributed by atoms with Crippen LogP contribution in [-0.2, 0) is 4.79 Å². The van der Waals surface area contributed by atoms with E-state index < -0.39 is 5.76 Å². The van der Waals surface area contributed by atoms with Gasteiger partial charge in [-0.15, -0.1) is 10.2 Å². The quantitative estimate of drug-likeness (QED) is 0.550. The second-order valence-electron chi connectivity index (χ2n) is 5.43. The van der Waals surface area contributed by atoms with Gasteiger partial charge in [0, 0.05) is 16.1 Å². The number of anilines is 1. The van der Waals surface area contributed by atoms with E-state index in [4.69, 9.17) is 4.42 Å². The largest absolute Gasteiger partial charge is 0.411 e. The highest BCUT2D eigenvalue weighted by atomic mass is 32.2. The fraction of sp³-hybridized carbons (Fsp3) is 0.167. The number of carbonyl (C=O) groups is 1. The molecule has 0 unspecified atom stereocenters. The average Bonchev–Trinajstić information content (AvgIpc) is 3.10. The van der Waals surface area contributed by atoms with Crippen molar-refractivity contribution in [2.45, 2.75) is 22.8 Å². The first-order valence-corrected chi connectivity index (χ1v) is 9.75. The topological polar surface area (TPSA) is 68.0 Å². The molecule has 0 fully saturated rings. The predicted molar refractivity (Wildman–Crippen MR) is 102 cm³/mol. The van der Waals surface area contributed by atoms with Crippen molar-refractivity contribution in [3.8, 4) is 11.5 Å². The van der Waals surface area contributed by atoms with Crippen molar-refractivity contribution >= 4 is 35.1 Å². The highest BCUT2D eigenvalue weighted by molar-refractivity contribution is 7.99. The molecule has 0 radical (unpaired) electrons. The van der Waals surface area contributed by atoms with Crippen LogP contribution in [0.5, 0.6) is 0 Å². The molecule has 0 saturated heterocycles. The van der Waals surface area contributed by atoms with E-state index in [2.05, 4.69) is 15.5 Å². The maximum atomic E-state index is 12.3. The number of hydrogen-bond acceptors (Lipinski definition) is 6. The SMILES string of the molecule is Cc1ccccc1-c1nnc(SCC(=O)Nc2ccc(SC(F)F)cc2)o1. The van der Waals surface area contributed by atoms with Crippen molar-refractivity contribution in [1.29, 1.82) is 0 Å². The summed E-state index contributed by atoms with van der Waals surface area (Å²) in [7, 11) is 0. The standard InChI is InChI=1S/C18H15F2N3O2S2/c1-11-4-2-3-5-14(11)16-22-23-18(25-16)26-10-15(24)21-12-6-8-13(9-7-12)27-17(19)20/h2-9,17H,10H2,1H3,(H,21,24). The van der Waals surface area contributed by atoms with Crippen molar-refractivity contribution < 1.29 is 18.0 Å². The van der Waals surface area contributed by atoms with E-state index in [1.807, 2.05) is 31.2 Å². The molecule has 9 heteroatoms. The van der Waals surface area contributed by atoms with Crippen LogP contribution < -0.4 is 5.32 Å². The summed E-state index contributed by atoms with van der Waals surface area (Å²) < 4.78 is 30.2. The second-order valence-corrected chi connectivity index (χ2v) is 7.42. The summed E-state index contributed by atoms with van der Waals surface area (Å²) in [5.41, 5.74) is 2.40. The lowest BCUT2D eigenvalue weighted by atomic mass is 10.1. The molecule has 0 atom stereocenters. The molecule has 0 aliphatic carbocycles. The van der Waals surface area contributed by atoms with E-state index in [-0.39, 0.29) is 11.7 Å². The number of benzene rings is 2. The van der Waals surface area contributed by atoms with Gasteiger partial charge in [0.2, 0.25) is 11.8 Å². The molecule has 0 saturated carbocycles. The first-order chi connectivity index (χ1) is 13.0. The fourth-order valence-corrected chi connectivity index (χ4v) is 3.30. The fourth-order valence-electron chi connectivity index (χ4n) is 2.23. The number of thioether (sulfide) groups is 2. The Morgan fingerprint density at radius 3 is 2.59 bits per heavy atom. The lowest BCUT2D eigenvalue weighted by Crippen LogP contribution is -2.13. The van der Waals surface area contributed by atoms with Crippen molar-refractivity contribution in [2.24, 2.45) is 0 Å². The van der Waals surface area contributed by atoms with E-state index in [1.54, 1.807) is 12.1 Å². The molecule has 1 heterocycles. The summed E-state index contributed by atoms with van der Waals surface area (Å²) in [5, 5.41) is 10.9. The summed E-state index contributed by atoms with van der Waals surface area (Å²) in [5.74, 6) is -2.24. The van der Waals surface area contributed by atoms with Gasteiger partial charge in [0.15, 0.2) is 0 Å². The number of nitrogens with one attached hydrogen (secondary N) is 1. The molecular weight excluding hydrogens is 392 g/mol. The maximum Gasteiger partial charge on any atom is 0.288 e. The number of amides is 1. The molecule has 0 spiro atoms. The Bertz CT molecular complexity index is 917. The Morgan fingerprint density at radius 1 is 1.15 bits per heavy atom. The van der Waals surface area contributed by atoms with Crippen molar-refractivity contribution in [3.63, 3.8) is 0 Å². The predicted octanol–water partition coefficient (Wildman–Crippen LogP) is 5.09.